The molecule has 0 aromatic heterocycles. The van der Waals surface area contributed by atoms with Gasteiger partial charge in [-0.05, 0) is 25.0 Å². The fourth-order valence-corrected chi connectivity index (χ4v) is 3.38. The lowest BCUT2D eigenvalue weighted by atomic mass is 10.3. The summed E-state index contributed by atoms with van der Waals surface area (Å²) in [6.45, 7) is 5.22. The topological polar surface area (TPSA) is 40.6 Å². The molecule has 1 rings (SSSR count). The lowest BCUT2D eigenvalue weighted by Gasteiger charge is -2.28. The quantitative estimate of drug-likeness (QED) is 0.736. The Morgan fingerprint density at radius 3 is 2.16 bits per heavy atom. The molecular formula is C14H24N2O2S. The van der Waals surface area contributed by atoms with Crippen LogP contribution < -0.4 is 4.31 Å². The van der Waals surface area contributed by atoms with E-state index in [9.17, 15) is 8.42 Å². The van der Waals surface area contributed by atoms with Crippen molar-refractivity contribution in [3.8, 4) is 0 Å². The van der Waals surface area contributed by atoms with Gasteiger partial charge in [-0.2, -0.15) is 12.7 Å². The Kier molecular flexibility index (Phi) is 6.31. The van der Waals surface area contributed by atoms with Crippen molar-refractivity contribution in [2.75, 3.05) is 24.4 Å². The molecule has 0 radical (unpaired) electrons. The highest BCUT2D eigenvalue weighted by Gasteiger charge is 2.25. The molecule has 0 saturated carbocycles. The second-order valence-corrected chi connectivity index (χ2v) is 6.52. The summed E-state index contributed by atoms with van der Waals surface area (Å²) in [6.07, 6.45) is 2.71. The van der Waals surface area contributed by atoms with Gasteiger partial charge in [0, 0.05) is 20.1 Å². The SMILES string of the molecule is CCCCN(CCC)S(=O)(=O)N(C)c1ccccc1. The third-order valence-corrected chi connectivity index (χ3v) is 4.95. The molecule has 0 aliphatic heterocycles. The van der Waals surface area contributed by atoms with Crippen LogP contribution in [0.2, 0.25) is 0 Å². The van der Waals surface area contributed by atoms with Crippen molar-refractivity contribution in [2.24, 2.45) is 0 Å². The van der Waals surface area contributed by atoms with Gasteiger partial charge in [0.25, 0.3) is 0 Å². The van der Waals surface area contributed by atoms with Crippen molar-refractivity contribution in [2.45, 2.75) is 33.1 Å². The Bertz CT molecular complexity index is 460. The van der Waals surface area contributed by atoms with Crippen molar-refractivity contribution < 1.29 is 8.42 Å². The number of benzene rings is 1. The molecule has 0 unspecified atom stereocenters. The number of unbranched alkanes of at least 4 members (excludes halogenated alkanes) is 1. The minimum atomic E-state index is -3.42. The smallest absolute Gasteiger partial charge is 0.261 e. The van der Waals surface area contributed by atoms with Gasteiger partial charge in [0.15, 0.2) is 0 Å². The van der Waals surface area contributed by atoms with Gasteiger partial charge in [0.1, 0.15) is 0 Å². The van der Waals surface area contributed by atoms with Gasteiger partial charge in [-0.25, -0.2) is 0 Å². The molecular weight excluding hydrogens is 260 g/mol. The molecule has 4 nitrogen and oxygen atoms in total. The van der Waals surface area contributed by atoms with Crippen molar-refractivity contribution in [1.29, 1.82) is 0 Å². The van der Waals surface area contributed by atoms with Gasteiger partial charge < -0.3 is 0 Å². The van der Waals surface area contributed by atoms with Crippen LogP contribution in [0.5, 0.6) is 0 Å². The van der Waals surface area contributed by atoms with Gasteiger partial charge in [0.2, 0.25) is 0 Å². The predicted octanol–water partition coefficient (Wildman–Crippen LogP) is 2.88. The van der Waals surface area contributed by atoms with Crippen LogP contribution in [0.25, 0.3) is 0 Å². The fraction of sp³-hybridized carbons (Fsp3) is 0.571. The molecule has 0 heterocycles. The van der Waals surface area contributed by atoms with Gasteiger partial charge in [-0.3, -0.25) is 4.31 Å². The molecule has 108 valence electrons. The van der Waals surface area contributed by atoms with E-state index in [1.807, 2.05) is 37.3 Å². The first-order chi connectivity index (χ1) is 9.04. The van der Waals surface area contributed by atoms with Crippen LogP contribution >= 0.6 is 0 Å². The van der Waals surface area contributed by atoms with Crippen LogP contribution in [0.15, 0.2) is 30.3 Å². The van der Waals surface area contributed by atoms with E-state index in [-0.39, 0.29) is 0 Å². The van der Waals surface area contributed by atoms with Crippen molar-refractivity contribution in [3.63, 3.8) is 0 Å². The number of para-hydroxylation sites is 1. The van der Waals surface area contributed by atoms with Crippen molar-refractivity contribution >= 4 is 15.9 Å². The predicted molar refractivity (Wildman–Crippen MR) is 80.5 cm³/mol. The van der Waals surface area contributed by atoms with Gasteiger partial charge in [-0.1, -0.05) is 38.5 Å². The molecule has 19 heavy (non-hydrogen) atoms. The number of nitrogens with zero attached hydrogens (tertiary/aromatic N) is 2. The van der Waals surface area contributed by atoms with E-state index in [2.05, 4.69) is 6.92 Å². The Morgan fingerprint density at radius 2 is 1.63 bits per heavy atom. The number of hydrogen-bond donors (Lipinski definition) is 0. The molecule has 0 N–H and O–H groups in total. The van der Waals surface area contributed by atoms with Crippen LogP contribution in [-0.4, -0.2) is 32.9 Å². The third kappa shape index (κ3) is 4.21. The molecule has 0 aliphatic carbocycles. The zero-order valence-corrected chi connectivity index (χ0v) is 12.9. The minimum Gasteiger partial charge on any atom is -0.261 e. The Balaban J connectivity index is 2.92. The van der Waals surface area contributed by atoms with E-state index in [0.29, 0.717) is 18.8 Å². The summed E-state index contributed by atoms with van der Waals surface area (Å²) < 4.78 is 28.1. The average Bonchev–Trinajstić information content (AvgIpc) is 2.43. The number of anilines is 1. The van der Waals surface area contributed by atoms with Crippen molar-refractivity contribution in [3.05, 3.63) is 30.3 Å². The summed E-state index contributed by atoms with van der Waals surface area (Å²) in [6, 6.07) is 9.18. The molecule has 0 spiro atoms. The summed E-state index contributed by atoms with van der Waals surface area (Å²) in [4.78, 5) is 0. The normalized spacial score (nSPS) is 11.8. The first kappa shape index (κ1) is 16.0. The molecule has 0 aliphatic rings. The molecule has 0 amide bonds. The summed E-state index contributed by atoms with van der Waals surface area (Å²) in [5.41, 5.74) is 0.695. The van der Waals surface area contributed by atoms with E-state index in [1.165, 1.54) is 4.31 Å². The van der Waals surface area contributed by atoms with Crippen LogP contribution in [0, 0.1) is 0 Å². The molecule has 0 bridgehead atoms. The maximum absolute atomic E-state index is 12.6. The highest BCUT2D eigenvalue weighted by Crippen LogP contribution is 2.18. The molecule has 5 heteroatoms. The zero-order valence-electron chi connectivity index (χ0n) is 12.0. The van der Waals surface area contributed by atoms with E-state index in [1.54, 1.807) is 11.4 Å². The number of rotatable bonds is 8. The van der Waals surface area contributed by atoms with Crippen LogP contribution in [0.1, 0.15) is 33.1 Å². The van der Waals surface area contributed by atoms with E-state index < -0.39 is 10.2 Å². The number of hydrogen-bond acceptors (Lipinski definition) is 2. The minimum absolute atomic E-state index is 0.569. The molecule has 0 fully saturated rings. The van der Waals surface area contributed by atoms with Crippen LogP contribution in [-0.2, 0) is 10.2 Å². The lowest BCUT2D eigenvalue weighted by molar-refractivity contribution is 0.401. The Hall–Kier alpha value is -1.07. The summed E-state index contributed by atoms with van der Waals surface area (Å²) in [7, 11) is -1.81. The van der Waals surface area contributed by atoms with E-state index in [4.69, 9.17) is 0 Å². The van der Waals surface area contributed by atoms with E-state index >= 15 is 0 Å². The highest BCUT2D eigenvalue weighted by molar-refractivity contribution is 7.90. The third-order valence-electron chi connectivity index (χ3n) is 3.03. The molecule has 1 aromatic carbocycles. The monoisotopic (exact) mass is 284 g/mol. The largest absolute Gasteiger partial charge is 0.303 e. The zero-order chi connectivity index (χ0) is 14.3. The summed E-state index contributed by atoms with van der Waals surface area (Å²) in [5, 5.41) is 0. The van der Waals surface area contributed by atoms with Crippen LogP contribution in [0.3, 0.4) is 0 Å². The summed E-state index contributed by atoms with van der Waals surface area (Å²) in [5.74, 6) is 0. The maximum atomic E-state index is 12.6. The fourth-order valence-electron chi connectivity index (χ4n) is 1.87. The lowest BCUT2D eigenvalue weighted by Crippen LogP contribution is -2.42. The summed E-state index contributed by atoms with van der Waals surface area (Å²) >= 11 is 0. The van der Waals surface area contributed by atoms with Crippen molar-refractivity contribution in [1.82, 2.24) is 4.31 Å². The molecule has 0 saturated heterocycles. The Morgan fingerprint density at radius 1 is 1.00 bits per heavy atom. The highest BCUT2D eigenvalue weighted by atomic mass is 32.2. The average molecular weight is 284 g/mol. The second-order valence-electron chi connectivity index (χ2n) is 4.56. The van der Waals surface area contributed by atoms with Gasteiger partial charge >= 0.3 is 10.2 Å². The Labute approximate surface area is 117 Å². The first-order valence-corrected chi connectivity index (χ1v) is 8.22. The van der Waals surface area contributed by atoms with E-state index in [0.717, 1.165) is 19.3 Å². The van der Waals surface area contributed by atoms with Gasteiger partial charge in [-0.15, -0.1) is 0 Å². The van der Waals surface area contributed by atoms with Crippen LogP contribution in [0.4, 0.5) is 5.69 Å². The first-order valence-electron chi connectivity index (χ1n) is 6.83. The standard InChI is InChI=1S/C14H24N2O2S/c1-4-6-13-16(12-5-2)19(17,18)15(3)14-10-8-7-9-11-14/h7-11H,4-6,12-13H2,1-3H3. The molecule has 1 aromatic rings. The second kappa shape index (κ2) is 7.50. The van der Waals surface area contributed by atoms with Gasteiger partial charge in [0.05, 0.1) is 5.69 Å². The molecule has 0 atom stereocenters. The maximum Gasteiger partial charge on any atom is 0.303 e.